The number of nitrogens with one attached hydrogen (secondary N) is 1. The molecule has 0 aliphatic heterocycles. The maximum absolute atomic E-state index is 12.9. The van der Waals surface area contributed by atoms with Gasteiger partial charge in [0.15, 0.2) is 5.69 Å². The van der Waals surface area contributed by atoms with E-state index in [1.165, 1.54) is 4.68 Å². The van der Waals surface area contributed by atoms with Crippen LogP contribution >= 0.6 is 0 Å². The minimum atomic E-state index is -4.51. The molecule has 0 bridgehead atoms. The Morgan fingerprint density at radius 2 is 2.12 bits per heavy atom. The molecular formula is C16H20F3N5O. The van der Waals surface area contributed by atoms with E-state index in [-0.39, 0.29) is 24.4 Å². The van der Waals surface area contributed by atoms with E-state index < -0.39 is 11.9 Å². The van der Waals surface area contributed by atoms with Gasteiger partial charge in [-0.05, 0) is 38.8 Å². The molecule has 1 atom stereocenters. The average molecular weight is 355 g/mol. The molecule has 25 heavy (non-hydrogen) atoms. The number of aromatic nitrogens is 4. The highest BCUT2D eigenvalue weighted by Crippen LogP contribution is 2.42. The van der Waals surface area contributed by atoms with Gasteiger partial charge < -0.3 is 5.32 Å². The minimum absolute atomic E-state index is 0.0651. The lowest BCUT2D eigenvalue weighted by Gasteiger charge is -2.16. The Kier molecular flexibility index (Phi) is 4.57. The molecule has 1 N–H and O–H groups in total. The summed E-state index contributed by atoms with van der Waals surface area (Å²) in [5.41, 5.74) is 0.378. The van der Waals surface area contributed by atoms with Crippen LogP contribution in [0.2, 0.25) is 0 Å². The molecular weight excluding hydrogens is 335 g/mol. The normalized spacial score (nSPS) is 16.0. The second-order valence-corrected chi connectivity index (χ2v) is 6.25. The fraction of sp³-hybridized carbons (Fsp3) is 0.562. The molecule has 136 valence electrons. The molecule has 1 saturated carbocycles. The molecule has 9 heteroatoms. The number of aryl methyl sites for hydroxylation is 1. The van der Waals surface area contributed by atoms with Gasteiger partial charge in [0.1, 0.15) is 6.54 Å². The molecule has 6 nitrogen and oxygen atoms in total. The van der Waals surface area contributed by atoms with Crippen LogP contribution in [0.5, 0.6) is 0 Å². The van der Waals surface area contributed by atoms with Crippen LogP contribution < -0.4 is 5.32 Å². The molecule has 1 aliphatic carbocycles. The van der Waals surface area contributed by atoms with Crippen molar-refractivity contribution in [3.63, 3.8) is 0 Å². The number of carbonyl (C=O) groups is 1. The van der Waals surface area contributed by atoms with E-state index >= 15 is 0 Å². The Balaban J connectivity index is 1.71. The van der Waals surface area contributed by atoms with E-state index in [0.717, 1.165) is 24.6 Å². The summed E-state index contributed by atoms with van der Waals surface area (Å²) in [6.07, 6.45) is -1.20. The predicted molar refractivity (Wildman–Crippen MR) is 83.7 cm³/mol. The molecule has 1 amide bonds. The van der Waals surface area contributed by atoms with E-state index in [1.54, 1.807) is 16.9 Å². The smallest absolute Gasteiger partial charge is 0.346 e. The number of hydrogen-bond donors (Lipinski definition) is 1. The fourth-order valence-corrected chi connectivity index (χ4v) is 2.88. The highest BCUT2D eigenvalue weighted by Gasteiger charge is 2.38. The minimum Gasteiger partial charge on any atom is -0.346 e. The topological polar surface area (TPSA) is 64.7 Å². The van der Waals surface area contributed by atoms with Crippen molar-refractivity contribution in [2.75, 3.05) is 0 Å². The van der Waals surface area contributed by atoms with Crippen molar-refractivity contribution in [3.8, 4) is 0 Å². The van der Waals surface area contributed by atoms with Gasteiger partial charge in [0.05, 0.1) is 11.7 Å². The Morgan fingerprint density at radius 3 is 2.72 bits per heavy atom. The van der Waals surface area contributed by atoms with Crippen molar-refractivity contribution in [2.24, 2.45) is 0 Å². The van der Waals surface area contributed by atoms with Gasteiger partial charge in [-0.15, -0.1) is 0 Å². The fourth-order valence-electron chi connectivity index (χ4n) is 2.88. The lowest BCUT2D eigenvalue weighted by molar-refractivity contribution is -0.141. The highest BCUT2D eigenvalue weighted by atomic mass is 19.4. The summed E-state index contributed by atoms with van der Waals surface area (Å²) < 4.78 is 41.6. The van der Waals surface area contributed by atoms with Crippen LogP contribution in [0.15, 0.2) is 18.3 Å². The third kappa shape index (κ3) is 3.85. The van der Waals surface area contributed by atoms with Crippen molar-refractivity contribution >= 4 is 5.91 Å². The molecule has 0 radical (unpaired) electrons. The second kappa shape index (κ2) is 6.53. The number of rotatable bonds is 6. The molecule has 2 aromatic heterocycles. The van der Waals surface area contributed by atoms with Crippen molar-refractivity contribution in [3.05, 3.63) is 35.4 Å². The first-order valence-corrected chi connectivity index (χ1v) is 8.25. The predicted octanol–water partition coefficient (Wildman–Crippen LogP) is 2.87. The van der Waals surface area contributed by atoms with Crippen LogP contribution in [-0.4, -0.2) is 25.5 Å². The number of hydrogen-bond acceptors (Lipinski definition) is 3. The third-order valence-corrected chi connectivity index (χ3v) is 4.26. The van der Waals surface area contributed by atoms with Crippen molar-refractivity contribution in [1.29, 1.82) is 0 Å². The highest BCUT2D eigenvalue weighted by molar-refractivity contribution is 5.76. The van der Waals surface area contributed by atoms with Gasteiger partial charge >= 0.3 is 6.18 Å². The molecule has 3 rings (SSSR count). The van der Waals surface area contributed by atoms with E-state index in [1.807, 2.05) is 13.8 Å². The van der Waals surface area contributed by atoms with Crippen LogP contribution in [0.3, 0.4) is 0 Å². The Labute approximate surface area is 143 Å². The monoisotopic (exact) mass is 355 g/mol. The Bertz CT molecular complexity index is 760. The number of alkyl halides is 3. The van der Waals surface area contributed by atoms with Gasteiger partial charge in [0, 0.05) is 24.4 Å². The summed E-state index contributed by atoms with van der Waals surface area (Å²) >= 11 is 0. The van der Waals surface area contributed by atoms with Crippen molar-refractivity contribution in [1.82, 2.24) is 24.9 Å². The summed E-state index contributed by atoms with van der Waals surface area (Å²) in [5.74, 6) is -0.314. The van der Waals surface area contributed by atoms with E-state index in [0.29, 0.717) is 12.2 Å². The SMILES string of the molecule is CCn1nccc1C(C)NC(=O)Cn1nc(C(F)(F)F)cc1C1CC1. The molecule has 0 spiro atoms. The van der Waals surface area contributed by atoms with Gasteiger partial charge in [-0.2, -0.15) is 23.4 Å². The first-order valence-electron chi connectivity index (χ1n) is 8.25. The summed E-state index contributed by atoms with van der Waals surface area (Å²) in [6, 6.07) is 2.57. The van der Waals surface area contributed by atoms with Gasteiger partial charge in [0.2, 0.25) is 5.91 Å². The lowest BCUT2D eigenvalue weighted by Crippen LogP contribution is -2.32. The van der Waals surface area contributed by atoms with E-state index in [4.69, 9.17) is 0 Å². The molecule has 1 unspecified atom stereocenters. The third-order valence-electron chi connectivity index (χ3n) is 4.26. The second-order valence-electron chi connectivity index (χ2n) is 6.25. The molecule has 1 aliphatic rings. The van der Waals surface area contributed by atoms with Gasteiger partial charge in [-0.25, -0.2) is 0 Å². The maximum Gasteiger partial charge on any atom is 0.435 e. The Morgan fingerprint density at radius 1 is 1.40 bits per heavy atom. The quantitative estimate of drug-likeness (QED) is 0.867. The zero-order chi connectivity index (χ0) is 18.2. The molecule has 0 aromatic carbocycles. The zero-order valence-corrected chi connectivity index (χ0v) is 14.0. The molecule has 2 aromatic rings. The van der Waals surface area contributed by atoms with Crippen LogP contribution in [0.1, 0.15) is 55.7 Å². The first-order chi connectivity index (χ1) is 11.8. The number of halogens is 3. The standard InChI is InChI=1S/C16H20F3N5O/c1-3-23-12(6-7-20-23)10(2)21-15(25)9-24-13(11-4-5-11)8-14(22-24)16(17,18)19/h6-8,10-11H,3-5,9H2,1-2H3,(H,21,25). The maximum atomic E-state index is 12.9. The van der Waals surface area contributed by atoms with Gasteiger partial charge in [0.25, 0.3) is 0 Å². The first kappa shape index (κ1) is 17.5. The van der Waals surface area contributed by atoms with Gasteiger partial charge in [-0.3, -0.25) is 14.2 Å². The Hall–Kier alpha value is -2.32. The molecule has 0 saturated heterocycles. The van der Waals surface area contributed by atoms with Crippen LogP contribution in [0.4, 0.5) is 13.2 Å². The number of carbonyl (C=O) groups excluding carboxylic acids is 1. The van der Waals surface area contributed by atoms with E-state index in [2.05, 4.69) is 15.5 Å². The summed E-state index contributed by atoms with van der Waals surface area (Å²) in [7, 11) is 0. The summed E-state index contributed by atoms with van der Waals surface area (Å²) in [5, 5.41) is 10.5. The summed E-state index contributed by atoms with van der Waals surface area (Å²) in [6.45, 7) is 4.19. The van der Waals surface area contributed by atoms with Crippen molar-refractivity contribution < 1.29 is 18.0 Å². The molecule has 1 fully saturated rings. The molecule has 2 heterocycles. The zero-order valence-electron chi connectivity index (χ0n) is 14.0. The van der Waals surface area contributed by atoms with Crippen LogP contribution in [0.25, 0.3) is 0 Å². The number of nitrogens with zero attached hydrogens (tertiary/aromatic N) is 4. The van der Waals surface area contributed by atoms with Crippen LogP contribution in [0, 0.1) is 0 Å². The largest absolute Gasteiger partial charge is 0.435 e. The number of amides is 1. The average Bonchev–Trinajstić information content (AvgIpc) is 3.09. The van der Waals surface area contributed by atoms with Gasteiger partial charge in [-0.1, -0.05) is 0 Å². The lowest BCUT2D eigenvalue weighted by atomic mass is 10.2. The summed E-state index contributed by atoms with van der Waals surface area (Å²) in [4.78, 5) is 12.3. The van der Waals surface area contributed by atoms with Crippen LogP contribution in [-0.2, 0) is 24.1 Å². The van der Waals surface area contributed by atoms with Crippen molar-refractivity contribution in [2.45, 2.75) is 57.9 Å². The van der Waals surface area contributed by atoms with E-state index in [9.17, 15) is 18.0 Å².